The normalized spacial score (nSPS) is 13.2. The molecule has 0 fully saturated rings. The molecular formula is C14H21N5OS. The fourth-order valence-electron chi connectivity index (χ4n) is 1.80. The van der Waals surface area contributed by atoms with E-state index < -0.39 is 0 Å². The van der Waals surface area contributed by atoms with Gasteiger partial charge in [0.1, 0.15) is 10.8 Å². The Balaban J connectivity index is 1.96. The molecule has 21 heavy (non-hydrogen) atoms. The van der Waals surface area contributed by atoms with Gasteiger partial charge in [0.15, 0.2) is 5.82 Å². The topological polar surface area (TPSA) is 83.6 Å². The molecule has 0 aliphatic carbocycles. The number of hydrogen-bond acceptors (Lipinski definition) is 5. The van der Waals surface area contributed by atoms with Gasteiger partial charge in [0, 0.05) is 10.8 Å². The Bertz CT molecular complexity index is 625. The van der Waals surface area contributed by atoms with Gasteiger partial charge < -0.3 is 5.32 Å². The van der Waals surface area contributed by atoms with Crippen molar-refractivity contribution in [1.82, 2.24) is 25.5 Å². The monoisotopic (exact) mass is 307 g/mol. The van der Waals surface area contributed by atoms with E-state index >= 15 is 0 Å². The Morgan fingerprint density at radius 3 is 2.67 bits per heavy atom. The second-order valence-corrected chi connectivity index (χ2v) is 7.01. The quantitative estimate of drug-likeness (QED) is 0.907. The number of carbonyl (C=O) groups is 1. The maximum atomic E-state index is 12.0. The van der Waals surface area contributed by atoms with E-state index in [0.29, 0.717) is 11.6 Å². The smallest absolute Gasteiger partial charge is 0.228 e. The lowest BCUT2D eigenvalue weighted by atomic mass is 9.93. The summed E-state index contributed by atoms with van der Waals surface area (Å²) in [4.78, 5) is 20.7. The predicted octanol–water partition coefficient (Wildman–Crippen LogP) is 2.29. The van der Waals surface area contributed by atoms with Crippen LogP contribution in [-0.4, -0.2) is 26.1 Å². The molecule has 0 aliphatic heterocycles. The average Bonchev–Trinajstić information content (AvgIpc) is 2.97. The number of aromatic amines is 1. The fraction of sp³-hybridized carbons (Fsp3) is 0.571. The fourth-order valence-corrected chi connectivity index (χ4v) is 2.85. The largest absolute Gasteiger partial charge is 0.347 e. The molecule has 0 aromatic carbocycles. The lowest BCUT2D eigenvalue weighted by molar-refractivity contribution is -0.121. The van der Waals surface area contributed by atoms with Gasteiger partial charge in [-0.15, -0.1) is 11.3 Å². The lowest BCUT2D eigenvalue weighted by Gasteiger charge is -2.15. The molecule has 2 N–H and O–H groups in total. The van der Waals surface area contributed by atoms with E-state index in [9.17, 15) is 4.79 Å². The third kappa shape index (κ3) is 4.10. The molecule has 114 valence electrons. The third-order valence-electron chi connectivity index (χ3n) is 3.00. The summed E-state index contributed by atoms with van der Waals surface area (Å²) in [6.07, 6.45) is 0.173. The van der Waals surface area contributed by atoms with E-state index in [-0.39, 0.29) is 23.8 Å². The van der Waals surface area contributed by atoms with E-state index in [1.54, 1.807) is 18.3 Å². The number of thiazole rings is 1. The van der Waals surface area contributed by atoms with Crippen LogP contribution in [0.15, 0.2) is 5.38 Å². The minimum absolute atomic E-state index is 0.0228. The number of aryl methyl sites for hydroxylation is 1. The molecule has 1 amide bonds. The summed E-state index contributed by atoms with van der Waals surface area (Å²) < 4.78 is 0. The van der Waals surface area contributed by atoms with Gasteiger partial charge in [-0.3, -0.25) is 9.89 Å². The Morgan fingerprint density at radius 1 is 1.43 bits per heavy atom. The van der Waals surface area contributed by atoms with Crippen molar-refractivity contribution in [2.45, 2.75) is 52.5 Å². The Hall–Kier alpha value is -1.76. The van der Waals surface area contributed by atoms with Gasteiger partial charge in [0.25, 0.3) is 0 Å². The van der Waals surface area contributed by atoms with Crippen molar-refractivity contribution < 1.29 is 4.79 Å². The Kier molecular flexibility index (Phi) is 4.41. The van der Waals surface area contributed by atoms with Crippen LogP contribution in [0.25, 0.3) is 0 Å². The van der Waals surface area contributed by atoms with Crippen molar-refractivity contribution in [3.8, 4) is 0 Å². The van der Waals surface area contributed by atoms with Crippen LogP contribution in [0.2, 0.25) is 0 Å². The highest BCUT2D eigenvalue weighted by molar-refractivity contribution is 7.09. The van der Waals surface area contributed by atoms with Gasteiger partial charge in [0.2, 0.25) is 5.91 Å². The second kappa shape index (κ2) is 5.93. The molecule has 2 rings (SSSR count). The van der Waals surface area contributed by atoms with Crippen LogP contribution in [0.3, 0.4) is 0 Å². The molecule has 1 unspecified atom stereocenters. The Morgan fingerprint density at radius 2 is 2.14 bits per heavy atom. The lowest BCUT2D eigenvalue weighted by Crippen LogP contribution is -2.28. The maximum absolute atomic E-state index is 12.0. The van der Waals surface area contributed by atoms with Gasteiger partial charge in [-0.25, -0.2) is 9.97 Å². The number of amides is 1. The summed E-state index contributed by atoms with van der Waals surface area (Å²) in [5, 5.41) is 12.6. The van der Waals surface area contributed by atoms with Gasteiger partial charge in [0.05, 0.1) is 18.2 Å². The number of aromatic nitrogens is 4. The number of rotatable bonds is 4. The van der Waals surface area contributed by atoms with Crippen LogP contribution in [-0.2, 0) is 16.6 Å². The van der Waals surface area contributed by atoms with Crippen molar-refractivity contribution in [1.29, 1.82) is 0 Å². The van der Waals surface area contributed by atoms with Gasteiger partial charge in [-0.2, -0.15) is 5.10 Å². The van der Waals surface area contributed by atoms with Crippen LogP contribution < -0.4 is 5.32 Å². The molecule has 0 spiro atoms. The summed E-state index contributed by atoms with van der Waals surface area (Å²) >= 11 is 1.57. The molecule has 2 heterocycles. The molecule has 0 saturated carbocycles. The molecule has 0 aliphatic rings. The first kappa shape index (κ1) is 15.6. The molecule has 7 heteroatoms. The molecule has 6 nitrogen and oxygen atoms in total. The van der Waals surface area contributed by atoms with Crippen LogP contribution >= 0.6 is 11.3 Å². The first-order valence-electron chi connectivity index (χ1n) is 6.89. The highest BCUT2D eigenvalue weighted by Gasteiger charge is 2.20. The van der Waals surface area contributed by atoms with Gasteiger partial charge in [-0.05, 0) is 13.8 Å². The summed E-state index contributed by atoms with van der Waals surface area (Å²) in [7, 11) is 0. The average molecular weight is 307 g/mol. The first-order valence-corrected chi connectivity index (χ1v) is 7.77. The van der Waals surface area contributed by atoms with Crippen molar-refractivity contribution in [2.75, 3.05) is 0 Å². The standard InChI is InChI=1S/C14H21N5OS/c1-8(13-17-10(7-21-13)14(3,4)5)15-12(20)6-11-16-9(2)18-19-11/h7-8H,6H2,1-5H3,(H,15,20)(H,16,18,19). The van der Waals surface area contributed by atoms with Gasteiger partial charge >= 0.3 is 0 Å². The third-order valence-corrected chi connectivity index (χ3v) is 4.03. The summed E-state index contributed by atoms with van der Waals surface area (Å²) in [5.41, 5.74) is 1.07. The molecule has 0 bridgehead atoms. The number of H-pyrrole nitrogens is 1. The predicted molar refractivity (Wildman–Crippen MR) is 82.2 cm³/mol. The second-order valence-electron chi connectivity index (χ2n) is 6.12. The number of hydrogen-bond donors (Lipinski definition) is 2. The minimum atomic E-state index is -0.112. The van der Waals surface area contributed by atoms with Crippen molar-refractivity contribution in [3.05, 3.63) is 27.7 Å². The van der Waals surface area contributed by atoms with Gasteiger partial charge in [-0.1, -0.05) is 20.8 Å². The molecular weight excluding hydrogens is 286 g/mol. The summed E-state index contributed by atoms with van der Waals surface area (Å²) in [5.74, 6) is 1.11. The van der Waals surface area contributed by atoms with E-state index in [2.05, 4.69) is 51.6 Å². The van der Waals surface area contributed by atoms with Crippen molar-refractivity contribution in [2.24, 2.45) is 0 Å². The number of nitrogens with zero attached hydrogens (tertiary/aromatic N) is 3. The summed E-state index contributed by atoms with van der Waals surface area (Å²) in [6, 6.07) is -0.112. The maximum Gasteiger partial charge on any atom is 0.228 e. The molecule has 2 aromatic heterocycles. The van der Waals surface area contributed by atoms with Crippen LogP contribution in [0, 0.1) is 6.92 Å². The van der Waals surface area contributed by atoms with E-state index in [4.69, 9.17) is 0 Å². The zero-order valence-electron chi connectivity index (χ0n) is 13.0. The molecule has 0 radical (unpaired) electrons. The Labute approximate surface area is 128 Å². The first-order chi connectivity index (χ1) is 9.75. The van der Waals surface area contributed by atoms with Crippen LogP contribution in [0.1, 0.15) is 56.1 Å². The minimum Gasteiger partial charge on any atom is -0.347 e. The number of nitrogens with one attached hydrogen (secondary N) is 2. The SMILES string of the molecule is Cc1nc(CC(=O)NC(C)c2nc(C(C)(C)C)cs2)n[nH]1. The van der Waals surface area contributed by atoms with Crippen molar-refractivity contribution >= 4 is 17.2 Å². The zero-order chi connectivity index (χ0) is 15.6. The zero-order valence-corrected chi connectivity index (χ0v) is 13.8. The van der Waals surface area contributed by atoms with E-state index in [1.807, 2.05) is 6.92 Å². The molecule has 2 aromatic rings. The van der Waals surface area contributed by atoms with E-state index in [0.717, 1.165) is 10.7 Å². The summed E-state index contributed by atoms with van der Waals surface area (Å²) in [6.45, 7) is 10.1. The van der Waals surface area contributed by atoms with E-state index in [1.165, 1.54) is 0 Å². The highest BCUT2D eigenvalue weighted by atomic mass is 32.1. The van der Waals surface area contributed by atoms with Crippen molar-refractivity contribution in [3.63, 3.8) is 0 Å². The van der Waals surface area contributed by atoms with Crippen LogP contribution in [0.5, 0.6) is 0 Å². The highest BCUT2D eigenvalue weighted by Crippen LogP contribution is 2.26. The van der Waals surface area contributed by atoms with Crippen LogP contribution in [0.4, 0.5) is 0 Å². The molecule has 0 saturated heterocycles. The number of carbonyl (C=O) groups excluding carboxylic acids is 1. The molecule has 1 atom stereocenters.